The van der Waals surface area contributed by atoms with E-state index in [1.807, 2.05) is 18.2 Å². The van der Waals surface area contributed by atoms with E-state index in [1.165, 1.54) is 0 Å². The molecule has 0 fully saturated rings. The number of hydrogen-bond donors (Lipinski definition) is 1. The van der Waals surface area contributed by atoms with Crippen molar-refractivity contribution < 1.29 is 5.11 Å². The van der Waals surface area contributed by atoms with Crippen LogP contribution in [0.5, 0.6) is 5.75 Å². The number of aromatic hydroxyl groups is 1. The van der Waals surface area contributed by atoms with Crippen molar-refractivity contribution in [2.75, 3.05) is 0 Å². The summed E-state index contributed by atoms with van der Waals surface area (Å²) in [6.45, 7) is 0. The van der Waals surface area contributed by atoms with E-state index >= 15 is 0 Å². The summed E-state index contributed by atoms with van der Waals surface area (Å²) in [4.78, 5) is 3.95. The molecule has 70 valence electrons. The molecule has 0 unspecified atom stereocenters. The number of para-hydroxylation sites is 1. The number of nitrogens with zero attached hydrogens (tertiary/aromatic N) is 1. The Bertz CT molecular complexity index is 439. The van der Waals surface area contributed by atoms with Gasteiger partial charge in [0.1, 0.15) is 10.9 Å². The van der Waals surface area contributed by atoms with E-state index < -0.39 is 0 Å². The van der Waals surface area contributed by atoms with Gasteiger partial charge in [-0.25, -0.2) is 4.98 Å². The average Bonchev–Trinajstić information content (AvgIpc) is 2.20. The molecule has 14 heavy (non-hydrogen) atoms. The van der Waals surface area contributed by atoms with E-state index in [1.54, 1.807) is 24.4 Å². The maximum Gasteiger partial charge on any atom is 0.129 e. The number of hydrogen-bond acceptors (Lipinski definition) is 2. The number of rotatable bonds is 1. The Morgan fingerprint density at radius 3 is 2.50 bits per heavy atom. The number of halogens is 1. The number of benzene rings is 1. The predicted octanol–water partition coefficient (Wildman–Crippen LogP) is 3.11. The topological polar surface area (TPSA) is 33.1 Å². The van der Waals surface area contributed by atoms with E-state index in [-0.39, 0.29) is 5.75 Å². The zero-order valence-corrected chi connectivity index (χ0v) is 8.07. The fourth-order valence-corrected chi connectivity index (χ4v) is 1.36. The Morgan fingerprint density at radius 2 is 1.86 bits per heavy atom. The van der Waals surface area contributed by atoms with Crippen LogP contribution in [0.15, 0.2) is 42.6 Å². The highest BCUT2D eigenvalue weighted by molar-refractivity contribution is 6.29. The van der Waals surface area contributed by atoms with Gasteiger partial charge in [-0.1, -0.05) is 29.8 Å². The second-order valence-electron chi connectivity index (χ2n) is 2.89. The van der Waals surface area contributed by atoms with Crippen LogP contribution in [0.4, 0.5) is 0 Å². The lowest BCUT2D eigenvalue weighted by molar-refractivity contribution is 0.477. The van der Waals surface area contributed by atoms with Gasteiger partial charge in [0.15, 0.2) is 0 Å². The molecular weight excluding hydrogens is 198 g/mol. The van der Waals surface area contributed by atoms with E-state index in [9.17, 15) is 5.11 Å². The third kappa shape index (κ3) is 1.70. The van der Waals surface area contributed by atoms with Crippen molar-refractivity contribution in [1.29, 1.82) is 0 Å². The Balaban J connectivity index is 2.50. The molecule has 1 aromatic heterocycles. The van der Waals surface area contributed by atoms with Crippen LogP contribution in [0, 0.1) is 0 Å². The van der Waals surface area contributed by atoms with Gasteiger partial charge in [0.2, 0.25) is 0 Å². The van der Waals surface area contributed by atoms with Gasteiger partial charge in [-0.3, -0.25) is 0 Å². The minimum atomic E-state index is 0.247. The monoisotopic (exact) mass is 205 g/mol. The predicted molar refractivity (Wildman–Crippen MR) is 56.3 cm³/mol. The van der Waals surface area contributed by atoms with Crippen LogP contribution >= 0.6 is 11.6 Å². The maximum absolute atomic E-state index is 9.57. The normalized spacial score (nSPS) is 10.1. The molecule has 0 bridgehead atoms. The zero-order valence-electron chi connectivity index (χ0n) is 7.31. The smallest absolute Gasteiger partial charge is 0.129 e. The minimum absolute atomic E-state index is 0.247. The molecule has 0 saturated heterocycles. The van der Waals surface area contributed by atoms with Crippen LogP contribution in [0.2, 0.25) is 5.15 Å². The van der Waals surface area contributed by atoms with Crippen molar-refractivity contribution in [1.82, 2.24) is 4.98 Å². The first-order valence-corrected chi connectivity index (χ1v) is 4.55. The lowest BCUT2D eigenvalue weighted by Gasteiger charge is -2.03. The largest absolute Gasteiger partial charge is 0.507 e. The SMILES string of the molecule is Oc1ccccc1-c1ccc(Cl)nc1. The lowest BCUT2D eigenvalue weighted by Crippen LogP contribution is -1.80. The molecule has 0 aliphatic rings. The third-order valence-electron chi connectivity index (χ3n) is 1.94. The summed E-state index contributed by atoms with van der Waals surface area (Å²) in [5, 5.41) is 10.0. The van der Waals surface area contributed by atoms with Gasteiger partial charge in [0.25, 0.3) is 0 Å². The van der Waals surface area contributed by atoms with E-state index in [0.29, 0.717) is 5.15 Å². The summed E-state index contributed by atoms with van der Waals surface area (Å²) >= 11 is 5.67. The summed E-state index contributed by atoms with van der Waals surface area (Å²) in [5.74, 6) is 0.247. The van der Waals surface area contributed by atoms with Crippen molar-refractivity contribution in [3.05, 3.63) is 47.7 Å². The molecule has 3 heteroatoms. The zero-order chi connectivity index (χ0) is 9.97. The highest BCUT2D eigenvalue weighted by atomic mass is 35.5. The molecule has 0 spiro atoms. The first-order chi connectivity index (χ1) is 6.77. The summed E-state index contributed by atoms with van der Waals surface area (Å²) in [6.07, 6.45) is 1.64. The van der Waals surface area contributed by atoms with Gasteiger partial charge in [-0.05, 0) is 18.2 Å². The fraction of sp³-hybridized carbons (Fsp3) is 0. The summed E-state index contributed by atoms with van der Waals surface area (Å²) in [7, 11) is 0. The van der Waals surface area contributed by atoms with Gasteiger partial charge in [-0.2, -0.15) is 0 Å². The molecule has 0 atom stereocenters. The van der Waals surface area contributed by atoms with Crippen molar-refractivity contribution in [3.8, 4) is 16.9 Å². The molecule has 0 aliphatic carbocycles. The van der Waals surface area contributed by atoms with Crippen LogP contribution < -0.4 is 0 Å². The number of phenols is 1. The molecule has 0 radical (unpaired) electrons. The van der Waals surface area contributed by atoms with Crippen molar-refractivity contribution in [2.45, 2.75) is 0 Å². The van der Waals surface area contributed by atoms with Gasteiger partial charge < -0.3 is 5.11 Å². The minimum Gasteiger partial charge on any atom is -0.507 e. The molecule has 2 rings (SSSR count). The molecule has 0 amide bonds. The van der Waals surface area contributed by atoms with E-state index in [4.69, 9.17) is 11.6 Å². The van der Waals surface area contributed by atoms with Crippen LogP contribution in [0.1, 0.15) is 0 Å². The first-order valence-electron chi connectivity index (χ1n) is 4.17. The Morgan fingerprint density at radius 1 is 1.07 bits per heavy atom. The van der Waals surface area contributed by atoms with Gasteiger partial charge in [0.05, 0.1) is 0 Å². The third-order valence-corrected chi connectivity index (χ3v) is 2.17. The van der Waals surface area contributed by atoms with Crippen LogP contribution in [-0.4, -0.2) is 10.1 Å². The van der Waals surface area contributed by atoms with Gasteiger partial charge in [-0.15, -0.1) is 0 Å². The standard InChI is InChI=1S/C11H8ClNO/c12-11-6-5-8(7-13-11)9-3-1-2-4-10(9)14/h1-7,14H. The van der Waals surface area contributed by atoms with Gasteiger partial charge >= 0.3 is 0 Å². The number of pyridine rings is 1. The number of aromatic nitrogens is 1. The van der Waals surface area contributed by atoms with Crippen LogP contribution in [0.25, 0.3) is 11.1 Å². The molecule has 0 aliphatic heterocycles. The molecular formula is C11H8ClNO. The Kier molecular flexibility index (Phi) is 2.37. The van der Waals surface area contributed by atoms with Crippen LogP contribution in [0.3, 0.4) is 0 Å². The molecule has 2 aromatic rings. The van der Waals surface area contributed by atoms with Crippen molar-refractivity contribution in [2.24, 2.45) is 0 Å². The lowest BCUT2D eigenvalue weighted by atomic mass is 10.1. The summed E-state index contributed by atoms with van der Waals surface area (Å²) in [5.41, 5.74) is 1.61. The summed E-state index contributed by atoms with van der Waals surface area (Å²) < 4.78 is 0. The van der Waals surface area contributed by atoms with Crippen LogP contribution in [-0.2, 0) is 0 Å². The highest BCUT2D eigenvalue weighted by Crippen LogP contribution is 2.28. The number of phenolic OH excluding ortho intramolecular Hbond substituents is 1. The molecule has 1 heterocycles. The second kappa shape index (κ2) is 3.68. The first kappa shape index (κ1) is 9.03. The maximum atomic E-state index is 9.57. The molecule has 2 nitrogen and oxygen atoms in total. The highest BCUT2D eigenvalue weighted by Gasteiger charge is 2.02. The quantitative estimate of drug-likeness (QED) is 0.726. The molecule has 1 aromatic carbocycles. The van der Waals surface area contributed by atoms with E-state index in [0.717, 1.165) is 11.1 Å². The van der Waals surface area contributed by atoms with Crippen molar-refractivity contribution in [3.63, 3.8) is 0 Å². The summed E-state index contributed by atoms with van der Waals surface area (Å²) in [6, 6.07) is 10.6. The van der Waals surface area contributed by atoms with Crippen molar-refractivity contribution >= 4 is 11.6 Å². The Labute approximate surface area is 86.8 Å². The Hall–Kier alpha value is -1.54. The second-order valence-corrected chi connectivity index (χ2v) is 3.27. The molecule has 0 saturated carbocycles. The average molecular weight is 206 g/mol. The molecule has 1 N–H and O–H groups in total. The van der Waals surface area contributed by atoms with E-state index in [2.05, 4.69) is 4.98 Å². The van der Waals surface area contributed by atoms with Gasteiger partial charge in [0, 0.05) is 17.3 Å². The fourth-order valence-electron chi connectivity index (χ4n) is 1.25.